The second kappa shape index (κ2) is 8.85. The maximum Gasteiger partial charge on any atom is 0.258 e. The number of ether oxygens (including phenoxy) is 1. The SMILES string of the molecule is CCc1ccccc1NC(=O)CNC(=O)COc1cccc2ccccc12. The first kappa shape index (κ1) is 18.5. The third kappa shape index (κ3) is 4.85. The summed E-state index contributed by atoms with van der Waals surface area (Å²) in [7, 11) is 0. The Kier molecular flexibility index (Phi) is 6.05. The van der Waals surface area contributed by atoms with Crippen molar-refractivity contribution in [2.45, 2.75) is 13.3 Å². The van der Waals surface area contributed by atoms with Gasteiger partial charge in [-0.25, -0.2) is 0 Å². The monoisotopic (exact) mass is 362 g/mol. The first-order chi connectivity index (χ1) is 13.2. The highest BCUT2D eigenvalue weighted by Crippen LogP contribution is 2.24. The molecule has 0 aliphatic rings. The van der Waals surface area contributed by atoms with Crippen molar-refractivity contribution < 1.29 is 14.3 Å². The molecule has 0 aliphatic carbocycles. The molecule has 0 aromatic heterocycles. The van der Waals surface area contributed by atoms with Gasteiger partial charge in [0.25, 0.3) is 5.91 Å². The van der Waals surface area contributed by atoms with Gasteiger partial charge in [-0.1, -0.05) is 61.5 Å². The summed E-state index contributed by atoms with van der Waals surface area (Å²) in [6.07, 6.45) is 0.821. The van der Waals surface area contributed by atoms with Crippen molar-refractivity contribution in [1.82, 2.24) is 5.32 Å². The van der Waals surface area contributed by atoms with E-state index in [1.165, 1.54) is 0 Å². The summed E-state index contributed by atoms with van der Waals surface area (Å²) in [5.41, 5.74) is 1.82. The number of hydrogen-bond donors (Lipinski definition) is 2. The van der Waals surface area contributed by atoms with E-state index in [-0.39, 0.29) is 25.0 Å². The molecule has 0 radical (unpaired) electrons. The zero-order chi connectivity index (χ0) is 19.1. The van der Waals surface area contributed by atoms with Crippen LogP contribution in [0, 0.1) is 0 Å². The maximum absolute atomic E-state index is 12.1. The lowest BCUT2D eigenvalue weighted by Gasteiger charge is -2.11. The van der Waals surface area contributed by atoms with Gasteiger partial charge in [0.2, 0.25) is 5.91 Å². The van der Waals surface area contributed by atoms with Crippen LogP contribution >= 0.6 is 0 Å². The molecule has 138 valence electrons. The lowest BCUT2D eigenvalue weighted by molar-refractivity contribution is -0.125. The number of nitrogens with one attached hydrogen (secondary N) is 2. The summed E-state index contributed by atoms with van der Waals surface area (Å²) in [4.78, 5) is 24.1. The van der Waals surface area contributed by atoms with Crippen LogP contribution in [0.4, 0.5) is 5.69 Å². The second-order valence-electron chi connectivity index (χ2n) is 6.10. The van der Waals surface area contributed by atoms with Gasteiger partial charge in [-0.2, -0.15) is 0 Å². The number of aryl methyl sites for hydroxylation is 1. The number of para-hydroxylation sites is 1. The zero-order valence-electron chi connectivity index (χ0n) is 15.2. The van der Waals surface area contributed by atoms with Gasteiger partial charge in [0.15, 0.2) is 6.61 Å². The van der Waals surface area contributed by atoms with Crippen LogP contribution in [-0.4, -0.2) is 25.0 Å². The van der Waals surface area contributed by atoms with Crippen molar-refractivity contribution in [2.75, 3.05) is 18.5 Å². The van der Waals surface area contributed by atoms with E-state index in [1.54, 1.807) is 0 Å². The normalized spacial score (nSPS) is 10.4. The van der Waals surface area contributed by atoms with Gasteiger partial charge in [-0.3, -0.25) is 9.59 Å². The Morgan fingerprint density at radius 2 is 1.63 bits per heavy atom. The minimum absolute atomic E-state index is 0.101. The molecule has 0 aliphatic heterocycles. The Morgan fingerprint density at radius 1 is 0.889 bits per heavy atom. The lowest BCUT2D eigenvalue weighted by atomic mass is 10.1. The van der Waals surface area contributed by atoms with Crippen molar-refractivity contribution >= 4 is 28.3 Å². The molecule has 3 aromatic rings. The van der Waals surface area contributed by atoms with Crippen molar-refractivity contribution in [2.24, 2.45) is 0 Å². The molecule has 2 N–H and O–H groups in total. The van der Waals surface area contributed by atoms with Crippen LogP contribution in [0.25, 0.3) is 10.8 Å². The topological polar surface area (TPSA) is 67.4 Å². The molecule has 3 aromatic carbocycles. The van der Waals surface area contributed by atoms with Crippen LogP contribution < -0.4 is 15.4 Å². The predicted molar refractivity (Wildman–Crippen MR) is 107 cm³/mol. The smallest absolute Gasteiger partial charge is 0.258 e. The van der Waals surface area contributed by atoms with E-state index in [2.05, 4.69) is 10.6 Å². The molecule has 0 unspecified atom stereocenters. The van der Waals surface area contributed by atoms with Gasteiger partial charge in [0, 0.05) is 11.1 Å². The fraction of sp³-hybridized carbons (Fsp3) is 0.182. The number of fused-ring (bicyclic) bond motifs is 1. The fourth-order valence-electron chi connectivity index (χ4n) is 2.84. The van der Waals surface area contributed by atoms with Crippen LogP contribution in [-0.2, 0) is 16.0 Å². The van der Waals surface area contributed by atoms with Gasteiger partial charge in [0.1, 0.15) is 5.75 Å². The van der Waals surface area contributed by atoms with E-state index < -0.39 is 0 Å². The number of hydrogen-bond acceptors (Lipinski definition) is 3. The van der Waals surface area contributed by atoms with Gasteiger partial charge in [-0.05, 0) is 29.5 Å². The average Bonchev–Trinajstić information content (AvgIpc) is 2.71. The Labute approximate surface area is 158 Å². The summed E-state index contributed by atoms with van der Waals surface area (Å²) in [5.74, 6) is 0.0286. The highest BCUT2D eigenvalue weighted by atomic mass is 16.5. The third-order valence-corrected chi connectivity index (χ3v) is 4.23. The quantitative estimate of drug-likeness (QED) is 0.676. The molecule has 0 spiro atoms. The first-order valence-corrected chi connectivity index (χ1v) is 8.92. The van der Waals surface area contributed by atoms with E-state index >= 15 is 0 Å². The molecular formula is C22H22N2O3. The number of benzene rings is 3. The molecule has 0 saturated carbocycles. The highest BCUT2D eigenvalue weighted by Gasteiger charge is 2.09. The average molecular weight is 362 g/mol. The van der Waals surface area contributed by atoms with E-state index in [0.29, 0.717) is 5.75 Å². The van der Waals surface area contributed by atoms with E-state index in [4.69, 9.17) is 4.74 Å². The summed E-state index contributed by atoms with van der Waals surface area (Å²) < 4.78 is 5.62. The van der Waals surface area contributed by atoms with Gasteiger partial charge < -0.3 is 15.4 Å². The molecule has 0 bridgehead atoms. The number of rotatable bonds is 7. The molecule has 3 rings (SSSR count). The van der Waals surface area contributed by atoms with Crippen LogP contribution in [0.2, 0.25) is 0 Å². The third-order valence-electron chi connectivity index (χ3n) is 4.23. The number of amides is 2. The molecule has 0 saturated heterocycles. The molecule has 5 heteroatoms. The molecule has 5 nitrogen and oxygen atoms in total. The van der Waals surface area contributed by atoms with Crippen molar-refractivity contribution in [1.29, 1.82) is 0 Å². The number of anilines is 1. The van der Waals surface area contributed by atoms with Crippen LogP contribution in [0.1, 0.15) is 12.5 Å². The fourth-order valence-corrected chi connectivity index (χ4v) is 2.84. The van der Waals surface area contributed by atoms with E-state index in [0.717, 1.165) is 28.4 Å². The molecular weight excluding hydrogens is 340 g/mol. The van der Waals surface area contributed by atoms with Crippen molar-refractivity contribution in [3.8, 4) is 5.75 Å². The summed E-state index contributed by atoms with van der Waals surface area (Å²) >= 11 is 0. The lowest BCUT2D eigenvalue weighted by Crippen LogP contribution is -2.35. The Bertz CT molecular complexity index is 948. The summed E-state index contributed by atoms with van der Waals surface area (Å²) in [5, 5.41) is 7.39. The van der Waals surface area contributed by atoms with Gasteiger partial charge >= 0.3 is 0 Å². The zero-order valence-corrected chi connectivity index (χ0v) is 15.2. The Morgan fingerprint density at radius 3 is 2.48 bits per heavy atom. The molecule has 0 heterocycles. The van der Waals surface area contributed by atoms with E-state index in [1.807, 2.05) is 73.7 Å². The molecule has 27 heavy (non-hydrogen) atoms. The van der Waals surface area contributed by atoms with Crippen LogP contribution in [0.5, 0.6) is 5.75 Å². The Hall–Kier alpha value is -3.34. The predicted octanol–water partition coefficient (Wildman–Crippen LogP) is 3.54. The number of carbonyl (C=O) groups is 2. The van der Waals surface area contributed by atoms with Gasteiger partial charge in [-0.15, -0.1) is 0 Å². The van der Waals surface area contributed by atoms with Crippen molar-refractivity contribution in [3.05, 3.63) is 72.3 Å². The molecule has 2 amide bonds. The maximum atomic E-state index is 12.1. The minimum Gasteiger partial charge on any atom is -0.483 e. The van der Waals surface area contributed by atoms with Gasteiger partial charge in [0.05, 0.1) is 6.54 Å². The van der Waals surface area contributed by atoms with Crippen molar-refractivity contribution in [3.63, 3.8) is 0 Å². The number of carbonyl (C=O) groups excluding carboxylic acids is 2. The minimum atomic E-state index is -0.345. The van der Waals surface area contributed by atoms with Crippen LogP contribution in [0.15, 0.2) is 66.7 Å². The first-order valence-electron chi connectivity index (χ1n) is 8.92. The summed E-state index contributed by atoms with van der Waals surface area (Å²) in [6, 6.07) is 21.1. The molecule has 0 fully saturated rings. The highest BCUT2D eigenvalue weighted by molar-refractivity contribution is 5.95. The summed E-state index contributed by atoms with van der Waals surface area (Å²) in [6.45, 7) is 1.78. The molecule has 0 atom stereocenters. The van der Waals surface area contributed by atoms with E-state index in [9.17, 15) is 9.59 Å². The van der Waals surface area contributed by atoms with Crippen LogP contribution in [0.3, 0.4) is 0 Å². The second-order valence-corrected chi connectivity index (χ2v) is 6.10. The Balaban J connectivity index is 1.50. The standard InChI is InChI=1S/C22H22N2O3/c1-2-16-8-4-6-12-19(16)24-21(25)14-23-22(26)15-27-20-13-7-10-17-9-3-5-11-18(17)20/h3-13H,2,14-15H2,1H3,(H,23,26)(H,24,25). The largest absolute Gasteiger partial charge is 0.483 e.